The minimum Gasteiger partial charge on any atom is -0.462 e. The first-order chi connectivity index (χ1) is 45.7. The van der Waals surface area contributed by atoms with E-state index in [9.17, 15) is 43.2 Å². The van der Waals surface area contributed by atoms with Crippen LogP contribution in [-0.2, 0) is 65.4 Å². The van der Waals surface area contributed by atoms with Crippen LogP contribution in [0.3, 0.4) is 0 Å². The highest BCUT2D eigenvalue weighted by atomic mass is 31.2. The van der Waals surface area contributed by atoms with Crippen LogP contribution in [0.2, 0.25) is 0 Å². The van der Waals surface area contributed by atoms with Gasteiger partial charge in [0.05, 0.1) is 32.8 Å². The van der Waals surface area contributed by atoms with Gasteiger partial charge in [-0.1, -0.05) is 259 Å². The SMILES string of the molecule is CC/C=C\C/C=C\C/C=C\C/C=C\C/C=C\CC(=O)OCC(COP(=O)(O)OCC(O)COP(=O)(O)OCC(COC(=O)CCCCCCC/C=C\C/C=C\C/C=C\CC)OC(=O)CCCCCCC/C=C\CCCCCC)OC(=O)CCCCCCCCCCCCC. The molecule has 0 aliphatic carbocycles. The standard InChI is InChI=1S/C75H128O17P2/c1-5-9-13-17-21-25-29-32-34-37-40-43-47-51-55-59-72(77)85-65-70(91-74(79)61-57-53-49-45-39-28-24-20-16-12-8-4)67-89-93(81,82)87-63-69(76)64-88-94(83,84)90-68-71(92-75(80)62-58-54-50-46-42-36-31-27-23-19-15-11-7-3)66-86-73(78)60-56-52-48-44-41-38-35-33-30-26-22-18-14-10-6-2/h9-10,13-14,21-22,25-27,31-35,40,43,51,55,69-71,76H,5-8,11-12,15-20,23-24,28-30,36-39,41-42,44-50,52-54,56-68H2,1-4H3,(H,81,82)(H,83,84)/b13-9-,14-10-,25-21-,26-22-,31-27-,34-32-,35-33-,43-40-,55-51-. The number of aliphatic hydroxyl groups is 1. The largest absolute Gasteiger partial charge is 0.472 e. The Morgan fingerprint density at radius 1 is 0.319 bits per heavy atom. The van der Waals surface area contributed by atoms with Crippen LogP contribution >= 0.6 is 15.6 Å². The number of phosphoric acid groups is 2. The molecule has 0 bridgehead atoms. The lowest BCUT2D eigenvalue weighted by molar-refractivity contribution is -0.161. The van der Waals surface area contributed by atoms with Gasteiger partial charge >= 0.3 is 39.5 Å². The summed E-state index contributed by atoms with van der Waals surface area (Å²) in [6, 6.07) is 0. The Morgan fingerprint density at radius 2 is 0.596 bits per heavy atom. The van der Waals surface area contributed by atoms with Gasteiger partial charge in [-0.2, -0.15) is 0 Å². The molecular weight excluding hydrogens is 1230 g/mol. The number of aliphatic hydroxyl groups excluding tert-OH is 1. The lowest BCUT2D eigenvalue weighted by Gasteiger charge is -2.21. The van der Waals surface area contributed by atoms with Gasteiger partial charge in [-0.25, -0.2) is 9.13 Å². The number of carbonyl (C=O) groups is 4. The topological polar surface area (TPSA) is 237 Å². The Hall–Kier alpha value is -4.28. The van der Waals surface area contributed by atoms with E-state index in [1.807, 2.05) is 18.2 Å². The number of ether oxygens (including phenoxy) is 4. The second-order valence-electron chi connectivity index (χ2n) is 23.8. The van der Waals surface area contributed by atoms with Crippen molar-refractivity contribution in [3.05, 3.63) is 109 Å². The molecule has 0 aliphatic rings. The molecule has 17 nitrogen and oxygen atoms in total. The third kappa shape index (κ3) is 66.3. The van der Waals surface area contributed by atoms with Gasteiger partial charge in [0, 0.05) is 19.3 Å². The van der Waals surface area contributed by atoms with Crippen LogP contribution in [0, 0.1) is 0 Å². The Kier molecular flexibility index (Phi) is 64.2. The van der Waals surface area contributed by atoms with Gasteiger partial charge in [-0.15, -0.1) is 0 Å². The van der Waals surface area contributed by atoms with Crippen molar-refractivity contribution >= 4 is 39.5 Å². The number of unbranched alkanes of at least 4 members (excludes halogenated alkanes) is 24. The number of carbonyl (C=O) groups excluding carboxylic acids is 4. The zero-order chi connectivity index (χ0) is 69.0. The van der Waals surface area contributed by atoms with Crippen LogP contribution in [0.15, 0.2) is 109 Å². The van der Waals surface area contributed by atoms with Crippen LogP contribution in [-0.4, -0.2) is 96.7 Å². The molecule has 0 aromatic heterocycles. The molecule has 3 N–H and O–H groups in total. The molecule has 0 amide bonds. The summed E-state index contributed by atoms with van der Waals surface area (Å²) in [6.07, 6.45) is 69.9. The van der Waals surface area contributed by atoms with Crippen LogP contribution in [0.5, 0.6) is 0 Å². The predicted molar refractivity (Wildman–Crippen MR) is 381 cm³/mol. The van der Waals surface area contributed by atoms with Gasteiger partial charge in [0.2, 0.25) is 0 Å². The van der Waals surface area contributed by atoms with Crippen molar-refractivity contribution in [2.24, 2.45) is 0 Å². The van der Waals surface area contributed by atoms with Gasteiger partial charge in [-0.3, -0.25) is 37.3 Å². The molecule has 0 saturated carbocycles. The van der Waals surface area contributed by atoms with Gasteiger partial charge in [0.25, 0.3) is 0 Å². The third-order valence-corrected chi connectivity index (χ3v) is 16.7. The van der Waals surface area contributed by atoms with Crippen molar-refractivity contribution in [2.75, 3.05) is 39.6 Å². The first kappa shape index (κ1) is 89.7. The van der Waals surface area contributed by atoms with E-state index in [1.165, 1.54) is 64.2 Å². The molecule has 0 radical (unpaired) electrons. The molecule has 0 aliphatic heterocycles. The van der Waals surface area contributed by atoms with Gasteiger partial charge in [0.15, 0.2) is 12.2 Å². The van der Waals surface area contributed by atoms with Gasteiger partial charge in [-0.05, 0) is 109 Å². The van der Waals surface area contributed by atoms with Crippen molar-refractivity contribution in [2.45, 2.75) is 303 Å². The molecule has 0 fully saturated rings. The minimum atomic E-state index is -4.99. The van der Waals surface area contributed by atoms with E-state index >= 15 is 0 Å². The average Bonchev–Trinajstić information content (AvgIpc) is 1.35. The maximum atomic E-state index is 13.0. The minimum absolute atomic E-state index is 0.0701. The molecule has 0 spiro atoms. The summed E-state index contributed by atoms with van der Waals surface area (Å²) in [6.45, 7) is 4.47. The summed E-state index contributed by atoms with van der Waals surface area (Å²) in [5, 5.41) is 10.6. The van der Waals surface area contributed by atoms with Crippen molar-refractivity contribution in [1.82, 2.24) is 0 Å². The molecule has 5 atom stereocenters. The summed E-state index contributed by atoms with van der Waals surface area (Å²) >= 11 is 0. The molecular formula is C75H128O17P2. The second kappa shape index (κ2) is 67.3. The van der Waals surface area contributed by atoms with Gasteiger partial charge in [0.1, 0.15) is 19.3 Å². The highest BCUT2D eigenvalue weighted by Gasteiger charge is 2.30. The molecule has 94 heavy (non-hydrogen) atoms. The number of hydrogen-bond acceptors (Lipinski definition) is 15. The quantitative estimate of drug-likeness (QED) is 0.0169. The fraction of sp³-hybridized carbons (Fsp3) is 0.707. The Labute approximate surface area is 569 Å². The molecule has 0 saturated heterocycles. The molecule has 0 rings (SSSR count). The lowest BCUT2D eigenvalue weighted by atomic mass is 10.1. The van der Waals surface area contributed by atoms with E-state index in [0.29, 0.717) is 25.7 Å². The van der Waals surface area contributed by atoms with E-state index in [-0.39, 0.29) is 25.7 Å². The van der Waals surface area contributed by atoms with Crippen LogP contribution in [0.1, 0.15) is 285 Å². The summed E-state index contributed by atoms with van der Waals surface area (Å²) < 4.78 is 68.1. The van der Waals surface area contributed by atoms with Crippen molar-refractivity contribution in [3.8, 4) is 0 Å². The van der Waals surface area contributed by atoms with Crippen molar-refractivity contribution < 1.29 is 80.2 Å². The fourth-order valence-electron chi connectivity index (χ4n) is 9.30. The average molecular weight is 1360 g/mol. The van der Waals surface area contributed by atoms with Crippen LogP contribution in [0.4, 0.5) is 0 Å². The monoisotopic (exact) mass is 1360 g/mol. The molecule has 19 heteroatoms. The zero-order valence-corrected chi connectivity index (χ0v) is 60.4. The highest BCUT2D eigenvalue weighted by molar-refractivity contribution is 7.47. The van der Waals surface area contributed by atoms with E-state index < -0.39 is 97.5 Å². The highest BCUT2D eigenvalue weighted by Crippen LogP contribution is 2.45. The first-order valence-electron chi connectivity index (χ1n) is 36.1. The summed E-state index contributed by atoms with van der Waals surface area (Å²) in [5.74, 6) is -2.35. The predicted octanol–water partition coefficient (Wildman–Crippen LogP) is 20.2. The smallest absolute Gasteiger partial charge is 0.462 e. The summed E-state index contributed by atoms with van der Waals surface area (Å²) in [4.78, 5) is 72.6. The number of hydrogen-bond donors (Lipinski definition) is 3. The summed E-state index contributed by atoms with van der Waals surface area (Å²) in [5.41, 5.74) is 0. The van der Waals surface area contributed by atoms with E-state index in [1.54, 1.807) is 6.08 Å². The molecule has 540 valence electrons. The molecule has 0 aromatic rings. The number of phosphoric ester groups is 2. The van der Waals surface area contributed by atoms with E-state index in [2.05, 4.69) is 113 Å². The first-order valence-corrected chi connectivity index (χ1v) is 39.1. The van der Waals surface area contributed by atoms with Gasteiger partial charge < -0.3 is 33.8 Å². The van der Waals surface area contributed by atoms with E-state index in [0.717, 1.165) is 141 Å². The molecule has 0 heterocycles. The maximum Gasteiger partial charge on any atom is 0.472 e. The Balaban J connectivity index is 5.40. The van der Waals surface area contributed by atoms with E-state index in [4.69, 9.17) is 37.0 Å². The Bertz CT molecular complexity index is 2220. The second-order valence-corrected chi connectivity index (χ2v) is 26.7. The number of allylic oxidation sites excluding steroid dienone is 17. The molecule has 0 aromatic carbocycles. The number of rotatable bonds is 67. The summed E-state index contributed by atoms with van der Waals surface area (Å²) in [7, 11) is -9.97. The van der Waals surface area contributed by atoms with Crippen molar-refractivity contribution in [1.29, 1.82) is 0 Å². The van der Waals surface area contributed by atoms with Crippen LogP contribution < -0.4 is 0 Å². The molecule has 5 unspecified atom stereocenters. The lowest BCUT2D eigenvalue weighted by Crippen LogP contribution is -2.30. The normalized spacial score (nSPS) is 14.7. The Morgan fingerprint density at radius 3 is 0.968 bits per heavy atom. The third-order valence-electron chi connectivity index (χ3n) is 14.8. The van der Waals surface area contributed by atoms with Crippen molar-refractivity contribution in [3.63, 3.8) is 0 Å². The zero-order valence-electron chi connectivity index (χ0n) is 58.6. The maximum absolute atomic E-state index is 13.0. The number of esters is 4. The van der Waals surface area contributed by atoms with Crippen LogP contribution in [0.25, 0.3) is 0 Å². The fourth-order valence-corrected chi connectivity index (χ4v) is 10.9.